The van der Waals surface area contributed by atoms with Crippen LogP contribution in [0, 0.1) is 0 Å². The summed E-state index contributed by atoms with van der Waals surface area (Å²) in [6.07, 6.45) is 2.00. The van der Waals surface area contributed by atoms with Crippen molar-refractivity contribution in [2.75, 3.05) is 6.26 Å². The number of benzene rings is 1. The second-order valence-electron chi connectivity index (χ2n) is 2.25. The molecule has 0 aliphatic rings. The van der Waals surface area contributed by atoms with Crippen LogP contribution in [0.3, 0.4) is 0 Å². The van der Waals surface area contributed by atoms with Crippen molar-refractivity contribution in [3.63, 3.8) is 0 Å². The Morgan fingerprint density at radius 3 is 2.75 bits per heavy atom. The highest BCUT2D eigenvalue weighted by Gasteiger charge is 2.07. The van der Waals surface area contributed by atoms with Crippen LogP contribution in [0.1, 0.15) is 5.56 Å². The summed E-state index contributed by atoms with van der Waals surface area (Å²) < 4.78 is 0.979. The largest absolute Gasteiger partial charge is 0.326 e. The molecule has 1 aromatic rings. The molecule has 0 saturated carbocycles. The van der Waals surface area contributed by atoms with Crippen LogP contribution in [0.2, 0.25) is 5.02 Å². The molecule has 0 aromatic heterocycles. The zero-order valence-electron chi connectivity index (χ0n) is 6.60. The van der Waals surface area contributed by atoms with Crippen LogP contribution in [0.15, 0.2) is 21.5 Å². The highest BCUT2D eigenvalue weighted by molar-refractivity contribution is 9.10. The monoisotopic (exact) mass is 265 g/mol. The molecule has 4 heteroatoms. The van der Waals surface area contributed by atoms with Crippen molar-refractivity contribution < 1.29 is 0 Å². The van der Waals surface area contributed by atoms with Gasteiger partial charge in [0, 0.05) is 15.9 Å². The summed E-state index contributed by atoms with van der Waals surface area (Å²) in [7, 11) is 0. The normalized spacial score (nSPS) is 10.3. The van der Waals surface area contributed by atoms with Crippen LogP contribution in [0.25, 0.3) is 0 Å². The fourth-order valence-corrected chi connectivity index (χ4v) is 2.51. The lowest BCUT2D eigenvalue weighted by molar-refractivity contribution is 1.05. The summed E-state index contributed by atoms with van der Waals surface area (Å²) >= 11 is 11.1. The van der Waals surface area contributed by atoms with Crippen molar-refractivity contribution in [2.24, 2.45) is 5.73 Å². The molecule has 0 unspecified atom stereocenters. The number of thioether (sulfide) groups is 1. The molecular formula is C8H9BrClNS. The predicted octanol–water partition coefficient (Wildman–Crippen LogP) is 3.28. The molecule has 1 rings (SSSR count). The Morgan fingerprint density at radius 1 is 1.58 bits per heavy atom. The fraction of sp³-hybridized carbons (Fsp3) is 0.250. The Bertz CT molecular complexity index is 291. The molecule has 0 heterocycles. The first kappa shape index (κ1) is 10.4. The molecule has 0 saturated heterocycles. The van der Waals surface area contributed by atoms with E-state index in [0.717, 1.165) is 20.0 Å². The Balaban J connectivity index is 3.24. The minimum atomic E-state index is 0.466. The summed E-state index contributed by atoms with van der Waals surface area (Å²) in [5.41, 5.74) is 6.53. The molecule has 0 fully saturated rings. The van der Waals surface area contributed by atoms with E-state index in [1.807, 2.05) is 18.4 Å². The van der Waals surface area contributed by atoms with Gasteiger partial charge in [0.1, 0.15) is 0 Å². The zero-order chi connectivity index (χ0) is 9.14. The van der Waals surface area contributed by atoms with E-state index in [2.05, 4.69) is 15.9 Å². The maximum Gasteiger partial charge on any atom is 0.0597 e. The lowest BCUT2D eigenvalue weighted by Gasteiger charge is -2.07. The van der Waals surface area contributed by atoms with Crippen molar-refractivity contribution in [2.45, 2.75) is 11.4 Å². The van der Waals surface area contributed by atoms with Gasteiger partial charge in [0.25, 0.3) is 0 Å². The molecule has 1 nitrogen and oxygen atoms in total. The van der Waals surface area contributed by atoms with Crippen LogP contribution >= 0.6 is 39.3 Å². The van der Waals surface area contributed by atoms with Crippen LogP contribution in [-0.2, 0) is 6.54 Å². The molecule has 0 spiro atoms. The topological polar surface area (TPSA) is 26.0 Å². The average Bonchev–Trinajstić information content (AvgIpc) is 2.06. The first-order valence-electron chi connectivity index (χ1n) is 3.41. The number of hydrogen-bond acceptors (Lipinski definition) is 2. The molecular weight excluding hydrogens is 258 g/mol. The van der Waals surface area contributed by atoms with Crippen molar-refractivity contribution >= 4 is 39.3 Å². The van der Waals surface area contributed by atoms with Gasteiger partial charge in [-0.2, -0.15) is 0 Å². The third kappa shape index (κ3) is 1.96. The van der Waals surface area contributed by atoms with E-state index < -0.39 is 0 Å². The van der Waals surface area contributed by atoms with Gasteiger partial charge < -0.3 is 5.73 Å². The quantitative estimate of drug-likeness (QED) is 0.832. The molecule has 0 radical (unpaired) electrons. The molecule has 66 valence electrons. The predicted molar refractivity (Wildman–Crippen MR) is 58.8 cm³/mol. The van der Waals surface area contributed by atoms with E-state index in [-0.39, 0.29) is 0 Å². The van der Waals surface area contributed by atoms with E-state index in [0.29, 0.717) is 6.54 Å². The summed E-state index contributed by atoms with van der Waals surface area (Å²) in [4.78, 5) is 1.07. The van der Waals surface area contributed by atoms with Gasteiger partial charge in [0.15, 0.2) is 0 Å². The van der Waals surface area contributed by atoms with E-state index in [1.165, 1.54) is 0 Å². The fourth-order valence-electron chi connectivity index (χ4n) is 0.921. The number of rotatable bonds is 2. The van der Waals surface area contributed by atoms with E-state index in [9.17, 15) is 0 Å². The molecule has 0 amide bonds. The third-order valence-corrected chi connectivity index (χ3v) is 3.64. The van der Waals surface area contributed by atoms with Crippen LogP contribution in [0.5, 0.6) is 0 Å². The smallest absolute Gasteiger partial charge is 0.0597 e. The van der Waals surface area contributed by atoms with Crippen molar-refractivity contribution in [3.05, 3.63) is 27.2 Å². The Labute approximate surface area is 89.8 Å². The average molecular weight is 267 g/mol. The highest BCUT2D eigenvalue weighted by Crippen LogP contribution is 2.32. The lowest BCUT2D eigenvalue weighted by atomic mass is 10.2. The first-order chi connectivity index (χ1) is 5.70. The maximum atomic E-state index is 6.08. The standard InChI is InChI=1S/C8H9BrClNS/c1-12-7-3-2-6(9)5(4-11)8(7)10/h2-3H,4,11H2,1H3. The van der Waals surface area contributed by atoms with E-state index in [4.69, 9.17) is 17.3 Å². The molecule has 12 heavy (non-hydrogen) atoms. The van der Waals surface area contributed by atoms with Gasteiger partial charge >= 0.3 is 0 Å². The molecule has 0 aliphatic carbocycles. The number of halogens is 2. The van der Waals surface area contributed by atoms with Gasteiger partial charge in [-0.05, 0) is 24.0 Å². The molecule has 0 aliphatic heterocycles. The summed E-state index contributed by atoms with van der Waals surface area (Å²) in [6, 6.07) is 3.95. The number of nitrogens with two attached hydrogens (primary N) is 1. The molecule has 0 atom stereocenters. The molecule has 0 bridgehead atoms. The van der Waals surface area contributed by atoms with Gasteiger partial charge in [0.05, 0.1) is 5.02 Å². The highest BCUT2D eigenvalue weighted by atomic mass is 79.9. The van der Waals surface area contributed by atoms with E-state index in [1.54, 1.807) is 11.8 Å². The van der Waals surface area contributed by atoms with Gasteiger partial charge in [0.2, 0.25) is 0 Å². The Morgan fingerprint density at radius 2 is 2.25 bits per heavy atom. The summed E-state index contributed by atoms with van der Waals surface area (Å²) in [6.45, 7) is 0.466. The Hall–Kier alpha value is 0.300. The minimum absolute atomic E-state index is 0.466. The van der Waals surface area contributed by atoms with Crippen molar-refractivity contribution in [3.8, 4) is 0 Å². The third-order valence-electron chi connectivity index (χ3n) is 1.57. The van der Waals surface area contributed by atoms with Crippen LogP contribution < -0.4 is 5.73 Å². The maximum absolute atomic E-state index is 6.08. The molecule has 2 N–H and O–H groups in total. The van der Waals surface area contributed by atoms with Gasteiger partial charge in [-0.3, -0.25) is 0 Å². The number of hydrogen-bond donors (Lipinski definition) is 1. The van der Waals surface area contributed by atoms with Crippen LogP contribution in [0.4, 0.5) is 0 Å². The van der Waals surface area contributed by atoms with Crippen molar-refractivity contribution in [1.82, 2.24) is 0 Å². The summed E-state index contributed by atoms with van der Waals surface area (Å²) in [5, 5.41) is 0.763. The van der Waals surface area contributed by atoms with Crippen molar-refractivity contribution in [1.29, 1.82) is 0 Å². The SMILES string of the molecule is CSc1ccc(Br)c(CN)c1Cl. The first-order valence-corrected chi connectivity index (χ1v) is 5.81. The Kier molecular flexibility index (Phi) is 3.90. The zero-order valence-corrected chi connectivity index (χ0v) is 9.76. The van der Waals surface area contributed by atoms with E-state index >= 15 is 0 Å². The second-order valence-corrected chi connectivity index (χ2v) is 4.33. The van der Waals surface area contributed by atoms with Gasteiger partial charge in [-0.25, -0.2) is 0 Å². The van der Waals surface area contributed by atoms with Gasteiger partial charge in [-0.15, -0.1) is 11.8 Å². The minimum Gasteiger partial charge on any atom is -0.326 e. The van der Waals surface area contributed by atoms with Crippen LogP contribution in [-0.4, -0.2) is 6.26 Å². The lowest BCUT2D eigenvalue weighted by Crippen LogP contribution is -1.99. The second kappa shape index (κ2) is 4.51. The van der Waals surface area contributed by atoms with Gasteiger partial charge in [-0.1, -0.05) is 27.5 Å². The summed E-state index contributed by atoms with van der Waals surface area (Å²) in [5.74, 6) is 0. The molecule has 1 aromatic carbocycles.